The van der Waals surface area contributed by atoms with E-state index >= 15 is 0 Å². The van der Waals surface area contributed by atoms with Crippen LogP contribution in [0.2, 0.25) is 0 Å². The molecule has 0 unspecified atom stereocenters. The van der Waals surface area contributed by atoms with Crippen molar-refractivity contribution in [3.63, 3.8) is 0 Å². The summed E-state index contributed by atoms with van der Waals surface area (Å²) in [5, 5.41) is 4.77. The number of aryl methyl sites for hydroxylation is 2. The maximum atomic E-state index is 5.62. The highest BCUT2D eigenvalue weighted by Crippen LogP contribution is 2.28. The molecule has 3 nitrogen and oxygen atoms in total. The first kappa shape index (κ1) is 11.4. The number of thiazole rings is 1. The van der Waals surface area contributed by atoms with Crippen LogP contribution in [0, 0.1) is 13.8 Å². The second-order valence-electron chi connectivity index (χ2n) is 3.62. The molecule has 0 atom stereocenters. The number of nitrogens with zero attached hydrogens (tertiary/aromatic N) is 1. The van der Waals surface area contributed by atoms with Gasteiger partial charge >= 0.3 is 0 Å². The third-order valence-electron chi connectivity index (χ3n) is 2.21. The monoisotopic (exact) mass is 297 g/mol. The fraction of sp³-hybridized carbons (Fsp3) is 0.182. The van der Waals surface area contributed by atoms with E-state index in [-0.39, 0.29) is 0 Å². The van der Waals surface area contributed by atoms with Crippen molar-refractivity contribution in [1.82, 2.24) is 4.98 Å². The van der Waals surface area contributed by atoms with Gasteiger partial charge in [0.1, 0.15) is 5.00 Å². The van der Waals surface area contributed by atoms with Gasteiger partial charge in [-0.05, 0) is 37.1 Å². The first-order valence-corrected chi connectivity index (χ1v) is 6.42. The van der Waals surface area contributed by atoms with E-state index < -0.39 is 0 Å². The number of rotatable bonds is 2. The number of benzene rings is 1. The van der Waals surface area contributed by atoms with Crippen LogP contribution in [0.4, 0.5) is 15.8 Å². The molecule has 16 heavy (non-hydrogen) atoms. The average molecular weight is 298 g/mol. The topological polar surface area (TPSA) is 50.9 Å². The Morgan fingerprint density at radius 3 is 2.44 bits per heavy atom. The van der Waals surface area contributed by atoms with Crippen molar-refractivity contribution in [3.8, 4) is 0 Å². The lowest BCUT2D eigenvalue weighted by Crippen LogP contribution is -1.92. The molecular formula is C11H12BrN3S. The van der Waals surface area contributed by atoms with Crippen LogP contribution < -0.4 is 11.1 Å². The van der Waals surface area contributed by atoms with E-state index in [2.05, 4.69) is 52.2 Å². The number of hydrogen-bond acceptors (Lipinski definition) is 4. The molecule has 84 valence electrons. The van der Waals surface area contributed by atoms with Gasteiger partial charge in [0.05, 0.1) is 6.20 Å². The van der Waals surface area contributed by atoms with Gasteiger partial charge < -0.3 is 11.1 Å². The minimum absolute atomic E-state index is 0.716. The predicted octanol–water partition coefficient (Wildman–Crippen LogP) is 3.85. The summed E-state index contributed by atoms with van der Waals surface area (Å²) >= 11 is 4.98. The fourth-order valence-corrected chi connectivity index (χ4v) is 2.32. The van der Waals surface area contributed by atoms with Gasteiger partial charge in [0, 0.05) is 10.2 Å². The molecule has 0 bridgehead atoms. The number of halogens is 1. The third kappa shape index (κ3) is 2.36. The van der Waals surface area contributed by atoms with Gasteiger partial charge in [0.15, 0.2) is 5.13 Å². The summed E-state index contributed by atoms with van der Waals surface area (Å²) in [7, 11) is 0. The Morgan fingerprint density at radius 1 is 1.31 bits per heavy atom. The number of nitrogens with two attached hydrogens (primary N) is 1. The Kier molecular flexibility index (Phi) is 3.16. The van der Waals surface area contributed by atoms with Crippen molar-refractivity contribution in [3.05, 3.63) is 33.9 Å². The lowest BCUT2D eigenvalue weighted by atomic mass is 10.1. The molecule has 0 amide bonds. The lowest BCUT2D eigenvalue weighted by Gasteiger charge is -2.08. The summed E-state index contributed by atoms with van der Waals surface area (Å²) in [6.07, 6.45) is 1.66. The SMILES string of the molecule is Cc1cc(Nc2ncc(N)s2)cc(C)c1Br. The number of hydrogen-bond donors (Lipinski definition) is 2. The molecule has 0 aliphatic rings. The molecule has 1 heterocycles. The summed E-state index contributed by atoms with van der Waals surface area (Å²) in [5.41, 5.74) is 9.06. The Balaban J connectivity index is 2.28. The Morgan fingerprint density at radius 2 is 1.94 bits per heavy atom. The zero-order valence-electron chi connectivity index (χ0n) is 9.04. The van der Waals surface area contributed by atoms with E-state index in [1.165, 1.54) is 22.5 Å². The first-order valence-electron chi connectivity index (χ1n) is 4.81. The van der Waals surface area contributed by atoms with Gasteiger partial charge in [0.25, 0.3) is 0 Å². The molecule has 0 aliphatic heterocycles. The molecule has 0 radical (unpaired) electrons. The molecule has 2 rings (SSSR count). The van der Waals surface area contributed by atoms with Crippen LogP contribution in [0.5, 0.6) is 0 Å². The fourth-order valence-electron chi connectivity index (χ4n) is 1.49. The van der Waals surface area contributed by atoms with E-state index in [1.807, 2.05) is 0 Å². The Hall–Kier alpha value is -1.07. The predicted molar refractivity (Wildman–Crippen MR) is 73.4 cm³/mol. The van der Waals surface area contributed by atoms with E-state index in [1.54, 1.807) is 6.20 Å². The van der Waals surface area contributed by atoms with Gasteiger partial charge in [-0.25, -0.2) is 4.98 Å². The summed E-state index contributed by atoms with van der Waals surface area (Å²) in [5.74, 6) is 0. The third-order valence-corrected chi connectivity index (χ3v) is 4.20. The lowest BCUT2D eigenvalue weighted by molar-refractivity contribution is 1.32. The van der Waals surface area contributed by atoms with Crippen molar-refractivity contribution in [1.29, 1.82) is 0 Å². The molecule has 0 fully saturated rings. The van der Waals surface area contributed by atoms with Crippen LogP contribution in [0.25, 0.3) is 0 Å². The van der Waals surface area contributed by atoms with Gasteiger partial charge in [0.2, 0.25) is 0 Å². The summed E-state index contributed by atoms with van der Waals surface area (Å²) < 4.78 is 1.15. The van der Waals surface area contributed by atoms with Crippen LogP contribution in [-0.4, -0.2) is 4.98 Å². The summed E-state index contributed by atoms with van der Waals surface area (Å²) in [4.78, 5) is 4.16. The molecule has 0 saturated carbocycles. The number of anilines is 3. The quantitative estimate of drug-likeness (QED) is 0.885. The average Bonchev–Trinajstić information content (AvgIpc) is 2.60. The second kappa shape index (κ2) is 4.43. The van der Waals surface area contributed by atoms with Crippen molar-refractivity contribution in [2.45, 2.75) is 13.8 Å². The van der Waals surface area contributed by atoms with Crippen molar-refractivity contribution < 1.29 is 0 Å². The van der Waals surface area contributed by atoms with Gasteiger partial charge in [-0.3, -0.25) is 0 Å². The molecule has 5 heteroatoms. The number of nitrogens with one attached hydrogen (secondary N) is 1. The molecule has 0 spiro atoms. The standard InChI is InChI=1S/C11H12BrN3S/c1-6-3-8(4-7(2)10(6)12)15-11-14-5-9(13)16-11/h3-5H,13H2,1-2H3,(H,14,15). The second-order valence-corrected chi connectivity index (χ2v) is 5.47. The van der Waals surface area contributed by atoms with Crippen LogP contribution in [0.3, 0.4) is 0 Å². The Bertz CT molecular complexity index is 499. The van der Waals surface area contributed by atoms with E-state index in [9.17, 15) is 0 Å². The van der Waals surface area contributed by atoms with Crippen LogP contribution in [-0.2, 0) is 0 Å². The van der Waals surface area contributed by atoms with Crippen LogP contribution in [0.15, 0.2) is 22.8 Å². The molecule has 0 aliphatic carbocycles. The van der Waals surface area contributed by atoms with E-state index in [0.29, 0.717) is 5.00 Å². The minimum Gasteiger partial charge on any atom is -0.389 e. The highest BCUT2D eigenvalue weighted by Gasteiger charge is 2.04. The molecule has 0 saturated heterocycles. The first-order chi connectivity index (χ1) is 7.56. The molecule has 2 aromatic rings. The minimum atomic E-state index is 0.716. The smallest absolute Gasteiger partial charge is 0.189 e. The molecule has 1 aromatic heterocycles. The normalized spacial score (nSPS) is 10.4. The highest BCUT2D eigenvalue weighted by atomic mass is 79.9. The van der Waals surface area contributed by atoms with Crippen LogP contribution in [0.1, 0.15) is 11.1 Å². The van der Waals surface area contributed by atoms with E-state index in [0.717, 1.165) is 15.3 Å². The maximum absolute atomic E-state index is 5.62. The zero-order chi connectivity index (χ0) is 11.7. The molecule has 3 N–H and O–H groups in total. The van der Waals surface area contributed by atoms with Crippen molar-refractivity contribution in [2.24, 2.45) is 0 Å². The number of nitrogen functional groups attached to an aromatic ring is 1. The largest absolute Gasteiger partial charge is 0.389 e. The summed E-state index contributed by atoms with van der Waals surface area (Å²) in [6, 6.07) is 4.16. The van der Waals surface area contributed by atoms with Gasteiger partial charge in [-0.2, -0.15) is 0 Å². The van der Waals surface area contributed by atoms with Crippen LogP contribution >= 0.6 is 27.3 Å². The molecule has 1 aromatic carbocycles. The van der Waals surface area contributed by atoms with Gasteiger partial charge in [-0.1, -0.05) is 27.3 Å². The maximum Gasteiger partial charge on any atom is 0.189 e. The van der Waals surface area contributed by atoms with Crippen molar-refractivity contribution >= 4 is 43.1 Å². The highest BCUT2D eigenvalue weighted by molar-refractivity contribution is 9.10. The van der Waals surface area contributed by atoms with E-state index in [4.69, 9.17) is 5.73 Å². The van der Waals surface area contributed by atoms with Crippen molar-refractivity contribution in [2.75, 3.05) is 11.1 Å². The summed E-state index contributed by atoms with van der Waals surface area (Å²) in [6.45, 7) is 4.14. The van der Waals surface area contributed by atoms with Gasteiger partial charge in [-0.15, -0.1) is 0 Å². The zero-order valence-corrected chi connectivity index (χ0v) is 11.4. The number of aromatic nitrogens is 1. The molecular weight excluding hydrogens is 286 g/mol. The Labute approximate surface area is 107 Å².